The van der Waals surface area contributed by atoms with Gasteiger partial charge < -0.3 is 10.2 Å². The zero-order valence-electron chi connectivity index (χ0n) is 11.7. The summed E-state index contributed by atoms with van der Waals surface area (Å²) in [5.74, 6) is 0.137. The summed E-state index contributed by atoms with van der Waals surface area (Å²) in [5, 5.41) is 2.86. The van der Waals surface area contributed by atoms with Gasteiger partial charge in [-0.05, 0) is 39.0 Å². The number of amides is 2. The van der Waals surface area contributed by atoms with Gasteiger partial charge in [0.2, 0.25) is 11.8 Å². The maximum absolute atomic E-state index is 12.6. The van der Waals surface area contributed by atoms with Crippen molar-refractivity contribution in [3.63, 3.8) is 0 Å². The Morgan fingerprint density at radius 1 is 1.33 bits per heavy atom. The van der Waals surface area contributed by atoms with Gasteiger partial charge in [0.1, 0.15) is 12.1 Å². The molecule has 0 aromatic rings. The van der Waals surface area contributed by atoms with Gasteiger partial charge in [0, 0.05) is 5.54 Å². The lowest BCUT2D eigenvalue weighted by atomic mass is 9.72. The lowest BCUT2D eigenvalue weighted by molar-refractivity contribution is -0.161. The fourth-order valence-corrected chi connectivity index (χ4v) is 3.31. The molecule has 18 heavy (non-hydrogen) atoms. The van der Waals surface area contributed by atoms with Crippen LogP contribution in [0.1, 0.15) is 59.3 Å². The first-order valence-corrected chi connectivity index (χ1v) is 7.19. The Hall–Kier alpha value is -1.06. The van der Waals surface area contributed by atoms with Crippen LogP contribution in [0.4, 0.5) is 0 Å². The molecule has 2 atom stereocenters. The minimum atomic E-state index is -0.314. The van der Waals surface area contributed by atoms with E-state index in [4.69, 9.17) is 0 Å². The first-order chi connectivity index (χ1) is 8.55. The maximum Gasteiger partial charge on any atom is 0.246 e. The second-order valence-electron chi connectivity index (χ2n) is 5.67. The molecule has 2 aliphatic rings. The summed E-state index contributed by atoms with van der Waals surface area (Å²) in [6.07, 6.45) is 5.88. The van der Waals surface area contributed by atoms with E-state index < -0.39 is 0 Å². The number of nitrogens with one attached hydrogen (secondary N) is 1. The van der Waals surface area contributed by atoms with E-state index in [1.54, 1.807) is 0 Å². The molecule has 0 radical (unpaired) electrons. The fourth-order valence-electron chi connectivity index (χ4n) is 3.31. The van der Waals surface area contributed by atoms with Crippen LogP contribution in [0.15, 0.2) is 0 Å². The van der Waals surface area contributed by atoms with Crippen molar-refractivity contribution < 1.29 is 9.59 Å². The van der Waals surface area contributed by atoms with E-state index >= 15 is 0 Å². The zero-order valence-corrected chi connectivity index (χ0v) is 11.7. The first kappa shape index (κ1) is 13.4. The Balaban J connectivity index is 2.24. The van der Waals surface area contributed by atoms with Gasteiger partial charge >= 0.3 is 0 Å². The number of hydrogen-bond donors (Lipinski definition) is 1. The normalized spacial score (nSPS) is 30.9. The number of nitrogens with zero attached hydrogens (tertiary/aromatic N) is 1. The molecule has 2 amide bonds. The summed E-state index contributed by atoms with van der Waals surface area (Å²) < 4.78 is 0. The van der Waals surface area contributed by atoms with Crippen LogP contribution in [0, 0.1) is 0 Å². The second kappa shape index (κ2) is 4.90. The average Bonchev–Trinajstić information content (AvgIpc) is 2.29. The highest BCUT2D eigenvalue weighted by atomic mass is 16.2. The zero-order chi connectivity index (χ0) is 13.3. The lowest BCUT2D eigenvalue weighted by Crippen LogP contribution is -2.70. The molecular weight excluding hydrogens is 228 g/mol. The van der Waals surface area contributed by atoms with E-state index in [-0.39, 0.29) is 29.4 Å². The Kier molecular flexibility index (Phi) is 3.64. The van der Waals surface area contributed by atoms with E-state index in [0.29, 0.717) is 0 Å². The van der Waals surface area contributed by atoms with Gasteiger partial charge in [-0.2, -0.15) is 0 Å². The van der Waals surface area contributed by atoms with E-state index in [1.807, 2.05) is 18.7 Å². The topological polar surface area (TPSA) is 49.4 Å². The van der Waals surface area contributed by atoms with Crippen LogP contribution in [0.5, 0.6) is 0 Å². The SMILES string of the molecule is CCCC1NC(=O)C(C)N(C2(CC)CCC2)C1=O. The third kappa shape index (κ3) is 1.91. The molecule has 2 unspecified atom stereocenters. The Morgan fingerprint density at radius 2 is 2.00 bits per heavy atom. The summed E-state index contributed by atoms with van der Waals surface area (Å²) in [7, 11) is 0. The molecule has 0 aromatic carbocycles. The smallest absolute Gasteiger partial charge is 0.246 e. The maximum atomic E-state index is 12.6. The third-order valence-corrected chi connectivity index (χ3v) is 4.65. The van der Waals surface area contributed by atoms with Gasteiger partial charge in [0.05, 0.1) is 0 Å². The molecule has 0 aromatic heterocycles. The van der Waals surface area contributed by atoms with Gasteiger partial charge in [0.15, 0.2) is 0 Å². The molecule has 1 saturated carbocycles. The Morgan fingerprint density at radius 3 is 2.44 bits per heavy atom. The monoisotopic (exact) mass is 252 g/mol. The second-order valence-corrected chi connectivity index (χ2v) is 5.67. The van der Waals surface area contributed by atoms with Crippen molar-refractivity contribution in [2.75, 3.05) is 0 Å². The van der Waals surface area contributed by atoms with Crippen LogP contribution >= 0.6 is 0 Å². The van der Waals surface area contributed by atoms with Gasteiger partial charge in [-0.1, -0.05) is 20.3 Å². The molecule has 1 aliphatic heterocycles. The summed E-state index contributed by atoms with van der Waals surface area (Å²) in [5.41, 5.74) is -0.0414. The van der Waals surface area contributed by atoms with Crippen LogP contribution in [0.2, 0.25) is 0 Å². The summed E-state index contributed by atoms with van der Waals surface area (Å²) in [4.78, 5) is 26.5. The van der Waals surface area contributed by atoms with E-state index in [2.05, 4.69) is 12.2 Å². The number of piperazine rings is 1. The van der Waals surface area contributed by atoms with Crippen LogP contribution in [-0.4, -0.2) is 34.3 Å². The standard InChI is InChI=1S/C14H24N2O2/c1-4-7-11-13(18)16(10(3)12(17)15-11)14(5-2)8-6-9-14/h10-11H,4-9H2,1-3H3,(H,15,17). The molecular formula is C14H24N2O2. The summed E-state index contributed by atoms with van der Waals surface area (Å²) in [6.45, 7) is 6.02. The molecule has 4 nitrogen and oxygen atoms in total. The molecule has 1 aliphatic carbocycles. The van der Waals surface area contributed by atoms with Gasteiger partial charge in [0.25, 0.3) is 0 Å². The van der Waals surface area contributed by atoms with Crippen molar-refractivity contribution in [2.24, 2.45) is 0 Å². The Bertz CT molecular complexity index is 344. The van der Waals surface area contributed by atoms with Crippen molar-refractivity contribution >= 4 is 11.8 Å². The quantitative estimate of drug-likeness (QED) is 0.830. The number of rotatable bonds is 4. The largest absolute Gasteiger partial charge is 0.343 e. The van der Waals surface area contributed by atoms with Crippen molar-refractivity contribution in [1.82, 2.24) is 10.2 Å². The molecule has 102 valence electrons. The predicted octanol–water partition coefficient (Wildman–Crippen LogP) is 1.83. The highest BCUT2D eigenvalue weighted by Gasteiger charge is 2.50. The van der Waals surface area contributed by atoms with E-state index in [9.17, 15) is 9.59 Å². The van der Waals surface area contributed by atoms with Crippen molar-refractivity contribution in [2.45, 2.75) is 76.9 Å². The number of carbonyl (C=O) groups is 2. The van der Waals surface area contributed by atoms with Crippen LogP contribution < -0.4 is 5.32 Å². The highest BCUT2D eigenvalue weighted by molar-refractivity contribution is 5.97. The number of carbonyl (C=O) groups excluding carboxylic acids is 2. The van der Waals surface area contributed by atoms with Crippen molar-refractivity contribution in [3.05, 3.63) is 0 Å². The first-order valence-electron chi connectivity index (χ1n) is 7.19. The summed E-state index contributed by atoms with van der Waals surface area (Å²) >= 11 is 0. The minimum Gasteiger partial charge on any atom is -0.343 e. The minimum absolute atomic E-state index is 0.00720. The molecule has 2 rings (SSSR count). The van der Waals surface area contributed by atoms with E-state index in [1.165, 1.54) is 6.42 Å². The van der Waals surface area contributed by atoms with Crippen LogP contribution in [0.25, 0.3) is 0 Å². The molecule has 4 heteroatoms. The third-order valence-electron chi connectivity index (χ3n) is 4.65. The van der Waals surface area contributed by atoms with Crippen LogP contribution in [0.3, 0.4) is 0 Å². The molecule has 0 bridgehead atoms. The lowest BCUT2D eigenvalue weighted by Gasteiger charge is -2.54. The molecule has 0 spiro atoms. The molecule has 1 saturated heterocycles. The van der Waals surface area contributed by atoms with Gasteiger partial charge in [-0.25, -0.2) is 0 Å². The molecule has 2 fully saturated rings. The van der Waals surface area contributed by atoms with Crippen molar-refractivity contribution in [3.8, 4) is 0 Å². The van der Waals surface area contributed by atoms with E-state index in [0.717, 1.165) is 32.1 Å². The summed E-state index contributed by atoms with van der Waals surface area (Å²) in [6, 6.07) is -0.617. The number of hydrogen-bond acceptors (Lipinski definition) is 2. The molecule has 1 heterocycles. The highest BCUT2D eigenvalue weighted by Crippen LogP contribution is 2.42. The van der Waals surface area contributed by atoms with Crippen LogP contribution in [-0.2, 0) is 9.59 Å². The van der Waals surface area contributed by atoms with Gasteiger partial charge in [-0.3, -0.25) is 9.59 Å². The van der Waals surface area contributed by atoms with Gasteiger partial charge in [-0.15, -0.1) is 0 Å². The fraction of sp³-hybridized carbons (Fsp3) is 0.857. The molecule has 1 N–H and O–H groups in total. The predicted molar refractivity (Wildman–Crippen MR) is 70.0 cm³/mol. The average molecular weight is 252 g/mol. The van der Waals surface area contributed by atoms with Crippen molar-refractivity contribution in [1.29, 1.82) is 0 Å². The Labute approximate surface area is 109 Å².